The van der Waals surface area contributed by atoms with Crippen LogP contribution in [-0.2, 0) is 4.74 Å². The van der Waals surface area contributed by atoms with Crippen molar-refractivity contribution in [1.82, 2.24) is 4.90 Å². The summed E-state index contributed by atoms with van der Waals surface area (Å²) in [4.78, 5) is 12.9. The van der Waals surface area contributed by atoms with Gasteiger partial charge in [0.1, 0.15) is 5.60 Å². The Morgan fingerprint density at radius 2 is 2.08 bits per heavy atom. The first-order chi connectivity index (χ1) is 5.92. The molecule has 0 spiro atoms. The van der Waals surface area contributed by atoms with Crippen LogP contribution in [0.15, 0.2) is 0 Å². The number of amides is 1. The normalized spacial score (nSPS) is 17.9. The van der Waals surface area contributed by atoms with Crippen LogP contribution in [0.5, 0.6) is 0 Å². The molecule has 1 heterocycles. The largest absolute Gasteiger partial charge is 0.444 e. The van der Waals surface area contributed by atoms with Crippen molar-refractivity contribution in [2.24, 2.45) is 5.92 Å². The lowest BCUT2D eigenvalue weighted by molar-refractivity contribution is 0.00733. The van der Waals surface area contributed by atoms with Crippen LogP contribution in [0.1, 0.15) is 20.8 Å². The van der Waals surface area contributed by atoms with E-state index in [1.807, 2.05) is 20.8 Å². The van der Waals surface area contributed by atoms with Gasteiger partial charge in [0.15, 0.2) is 0 Å². The van der Waals surface area contributed by atoms with Crippen LogP contribution in [-0.4, -0.2) is 35.9 Å². The van der Waals surface area contributed by atoms with Gasteiger partial charge in [-0.1, -0.05) is 0 Å². The summed E-state index contributed by atoms with van der Waals surface area (Å²) in [7, 11) is 0. The van der Waals surface area contributed by atoms with Crippen molar-refractivity contribution in [1.29, 1.82) is 5.41 Å². The van der Waals surface area contributed by atoms with Crippen molar-refractivity contribution in [3.8, 4) is 0 Å². The lowest BCUT2D eigenvalue weighted by Crippen LogP contribution is -2.52. The van der Waals surface area contributed by atoms with Gasteiger partial charge in [-0.3, -0.25) is 0 Å². The first-order valence-corrected chi connectivity index (χ1v) is 4.41. The Kier molecular flexibility index (Phi) is 2.59. The van der Waals surface area contributed by atoms with Gasteiger partial charge in [-0.15, -0.1) is 0 Å². The van der Waals surface area contributed by atoms with Gasteiger partial charge in [0.25, 0.3) is 0 Å². The second kappa shape index (κ2) is 3.36. The summed E-state index contributed by atoms with van der Waals surface area (Å²) >= 11 is 0. The Morgan fingerprint density at radius 1 is 1.54 bits per heavy atom. The summed E-state index contributed by atoms with van der Waals surface area (Å²) in [6.45, 7) is 6.78. The van der Waals surface area contributed by atoms with E-state index in [9.17, 15) is 4.79 Å². The molecule has 13 heavy (non-hydrogen) atoms. The Morgan fingerprint density at radius 3 is 2.46 bits per heavy atom. The third-order valence-corrected chi connectivity index (χ3v) is 1.80. The number of hydrogen-bond donors (Lipinski definition) is 1. The Balaban J connectivity index is 2.31. The molecule has 0 bridgehead atoms. The highest BCUT2D eigenvalue weighted by atomic mass is 16.6. The molecule has 74 valence electrons. The van der Waals surface area contributed by atoms with Gasteiger partial charge in [0.05, 0.1) is 0 Å². The summed E-state index contributed by atoms with van der Waals surface area (Å²) in [5.74, 6) is 0.229. The molecule has 0 aromatic rings. The van der Waals surface area contributed by atoms with Crippen LogP contribution in [0.3, 0.4) is 0 Å². The van der Waals surface area contributed by atoms with E-state index in [1.165, 1.54) is 6.21 Å². The molecule has 1 saturated heterocycles. The summed E-state index contributed by atoms with van der Waals surface area (Å²) in [6, 6.07) is 0. The molecule has 1 fully saturated rings. The molecule has 0 unspecified atom stereocenters. The second-order valence-electron chi connectivity index (χ2n) is 4.31. The summed E-state index contributed by atoms with van der Waals surface area (Å²) in [5, 5.41) is 6.97. The number of nitrogens with zero attached hydrogens (tertiary/aromatic N) is 1. The molecule has 0 radical (unpaired) electrons. The minimum Gasteiger partial charge on any atom is -0.444 e. The van der Waals surface area contributed by atoms with Crippen LogP contribution >= 0.6 is 0 Å². The topological polar surface area (TPSA) is 53.4 Å². The molecule has 0 aliphatic carbocycles. The second-order valence-corrected chi connectivity index (χ2v) is 4.31. The van der Waals surface area contributed by atoms with Crippen molar-refractivity contribution in [2.75, 3.05) is 13.1 Å². The molecule has 4 nitrogen and oxygen atoms in total. The van der Waals surface area contributed by atoms with Crippen LogP contribution < -0.4 is 0 Å². The molecule has 0 saturated carbocycles. The van der Waals surface area contributed by atoms with Crippen molar-refractivity contribution >= 4 is 12.3 Å². The van der Waals surface area contributed by atoms with E-state index in [4.69, 9.17) is 10.1 Å². The molecule has 1 aliphatic rings. The van der Waals surface area contributed by atoms with Crippen LogP contribution in [0.4, 0.5) is 4.79 Å². The standard InChI is InChI=1S/C9H16N2O2/c1-9(2,3)13-8(12)11-5-7(4-10)6-11/h4,7,10H,5-6H2,1-3H3. The quantitative estimate of drug-likeness (QED) is 0.628. The lowest BCUT2D eigenvalue weighted by Gasteiger charge is -2.37. The zero-order chi connectivity index (χ0) is 10.1. The smallest absolute Gasteiger partial charge is 0.410 e. The predicted molar refractivity (Wildman–Crippen MR) is 50.1 cm³/mol. The molecule has 0 aromatic heterocycles. The molecule has 1 aliphatic heterocycles. The Hall–Kier alpha value is -1.06. The van der Waals surface area contributed by atoms with E-state index in [-0.39, 0.29) is 12.0 Å². The lowest BCUT2D eigenvalue weighted by atomic mass is 10.0. The third kappa shape index (κ3) is 2.72. The number of carbonyl (C=O) groups excluding carboxylic acids is 1. The van der Waals surface area contributed by atoms with Crippen molar-refractivity contribution in [2.45, 2.75) is 26.4 Å². The molecule has 0 aromatic carbocycles. The van der Waals surface area contributed by atoms with Gasteiger partial charge in [-0.05, 0) is 20.8 Å². The third-order valence-electron chi connectivity index (χ3n) is 1.80. The number of ether oxygens (including phenoxy) is 1. The van der Waals surface area contributed by atoms with Crippen molar-refractivity contribution in [3.05, 3.63) is 0 Å². The fourth-order valence-corrected chi connectivity index (χ4v) is 1.09. The average molecular weight is 184 g/mol. The van der Waals surface area contributed by atoms with Crippen LogP contribution in [0, 0.1) is 11.3 Å². The van der Waals surface area contributed by atoms with Gasteiger partial charge in [0.2, 0.25) is 0 Å². The average Bonchev–Trinajstić information content (AvgIpc) is 1.79. The van der Waals surface area contributed by atoms with Gasteiger partial charge in [0, 0.05) is 25.2 Å². The van der Waals surface area contributed by atoms with Crippen molar-refractivity contribution < 1.29 is 9.53 Å². The number of nitrogens with one attached hydrogen (secondary N) is 1. The summed E-state index contributed by atoms with van der Waals surface area (Å²) in [5.41, 5.74) is -0.424. The fourth-order valence-electron chi connectivity index (χ4n) is 1.09. The van der Waals surface area contributed by atoms with Gasteiger partial charge in [-0.2, -0.15) is 0 Å². The maximum absolute atomic E-state index is 11.3. The number of likely N-dealkylation sites (tertiary alicyclic amines) is 1. The maximum Gasteiger partial charge on any atom is 0.410 e. The Bertz CT molecular complexity index is 214. The highest BCUT2D eigenvalue weighted by Gasteiger charge is 2.32. The molecule has 4 heteroatoms. The minimum absolute atomic E-state index is 0.229. The first-order valence-electron chi connectivity index (χ1n) is 4.41. The van der Waals surface area contributed by atoms with Gasteiger partial charge in [-0.25, -0.2) is 4.79 Å². The highest BCUT2D eigenvalue weighted by Crippen LogP contribution is 2.17. The zero-order valence-corrected chi connectivity index (χ0v) is 8.33. The Labute approximate surface area is 78.4 Å². The predicted octanol–water partition coefficient (Wildman–Crippen LogP) is 1.50. The van der Waals surface area contributed by atoms with E-state index in [0.717, 1.165) is 0 Å². The minimum atomic E-state index is -0.424. The highest BCUT2D eigenvalue weighted by molar-refractivity contribution is 5.72. The van der Waals surface area contributed by atoms with Gasteiger partial charge >= 0.3 is 6.09 Å². The van der Waals surface area contributed by atoms with Crippen molar-refractivity contribution in [3.63, 3.8) is 0 Å². The van der Waals surface area contributed by atoms with Gasteiger partial charge < -0.3 is 15.0 Å². The molecule has 1 amide bonds. The number of hydrogen-bond acceptors (Lipinski definition) is 3. The monoisotopic (exact) mass is 184 g/mol. The van der Waals surface area contributed by atoms with Crippen LogP contribution in [0.25, 0.3) is 0 Å². The SMILES string of the molecule is CC(C)(C)OC(=O)N1CC(C=N)C1. The molecular weight excluding hydrogens is 168 g/mol. The summed E-state index contributed by atoms with van der Waals surface area (Å²) < 4.78 is 5.15. The molecule has 0 atom stereocenters. The van der Waals surface area contributed by atoms with E-state index in [1.54, 1.807) is 4.90 Å². The molecular formula is C9H16N2O2. The van der Waals surface area contributed by atoms with E-state index in [0.29, 0.717) is 13.1 Å². The molecule has 1 rings (SSSR count). The van der Waals surface area contributed by atoms with Crippen LogP contribution in [0.2, 0.25) is 0 Å². The molecule has 1 N–H and O–H groups in total. The number of carbonyl (C=O) groups is 1. The van der Waals surface area contributed by atoms with E-state index >= 15 is 0 Å². The first kappa shape index (κ1) is 10.0. The number of rotatable bonds is 1. The summed E-state index contributed by atoms with van der Waals surface area (Å²) in [6.07, 6.45) is 1.10. The maximum atomic E-state index is 11.3. The van der Waals surface area contributed by atoms with E-state index < -0.39 is 5.60 Å². The van der Waals surface area contributed by atoms with E-state index in [2.05, 4.69) is 0 Å². The fraction of sp³-hybridized carbons (Fsp3) is 0.778. The zero-order valence-electron chi connectivity index (χ0n) is 8.33.